The van der Waals surface area contributed by atoms with Crippen LogP contribution in [0.3, 0.4) is 0 Å². The molecule has 2 heterocycles. The van der Waals surface area contributed by atoms with Gasteiger partial charge in [0.05, 0.1) is 0 Å². The van der Waals surface area contributed by atoms with Crippen molar-refractivity contribution in [3.8, 4) is 5.75 Å². The Bertz CT molecular complexity index is 788. The minimum absolute atomic E-state index is 0.284. The molecule has 0 atom stereocenters. The fourth-order valence-corrected chi connectivity index (χ4v) is 3.57. The summed E-state index contributed by atoms with van der Waals surface area (Å²) in [4.78, 5) is 16.7. The van der Waals surface area contributed by atoms with Crippen LogP contribution in [-0.2, 0) is 19.6 Å². The summed E-state index contributed by atoms with van der Waals surface area (Å²) in [5, 5.41) is 3.38. The number of fused-ring (bicyclic) bond motifs is 1. The van der Waals surface area contributed by atoms with Crippen LogP contribution >= 0.6 is 0 Å². The van der Waals surface area contributed by atoms with Gasteiger partial charge in [-0.15, -0.1) is 0 Å². The van der Waals surface area contributed by atoms with Crippen molar-refractivity contribution in [3.63, 3.8) is 0 Å². The maximum atomic E-state index is 12.5. The van der Waals surface area contributed by atoms with Gasteiger partial charge in [-0.2, -0.15) is 0 Å². The van der Waals surface area contributed by atoms with Gasteiger partial charge in [-0.3, -0.25) is 9.80 Å². The van der Waals surface area contributed by atoms with Crippen LogP contribution in [0.2, 0.25) is 0 Å². The molecule has 1 N–H and O–H groups in total. The zero-order valence-electron chi connectivity index (χ0n) is 15.2. The maximum Gasteiger partial charge on any atom is 0.415 e. The van der Waals surface area contributed by atoms with E-state index >= 15 is 0 Å². The third-order valence-electron chi connectivity index (χ3n) is 5.09. The Morgan fingerprint density at radius 2 is 1.77 bits per heavy atom. The van der Waals surface area contributed by atoms with Gasteiger partial charge in [0.2, 0.25) is 0 Å². The molecule has 0 unspecified atom stereocenters. The number of hydrogen-bond donors (Lipinski definition) is 1. The summed E-state index contributed by atoms with van der Waals surface area (Å²) in [7, 11) is 2.01. The van der Waals surface area contributed by atoms with Gasteiger partial charge >= 0.3 is 6.09 Å². The smallest absolute Gasteiger partial charge is 0.410 e. The third kappa shape index (κ3) is 3.92. The molecule has 5 nitrogen and oxygen atoms in total. The monoisotopic (exact) mass is 349 g/mol. The Labute approximate surface area is 155 Å². The molecule has 0 saturated carbocycles. The van der Waals surface area contributed by atoms with Crippen LogP contribution < -0.4 is 15.5 Å². The molecular weight excluding hydrogens is 325 g/mol. The molecule has 4 rings (SSSR count). The van der Waals surface area contributed by atoms with Gasteiger partial charge in [0.15, 0.2) is 0 Å². The Balaban J connectivity index is 1.38. The van der Waals surface area contributed by atoms with Crippen LogP contribution in [0.15, 0.2) is 42.5 Å². The van der Waals surface area contributed by atoms with Crippen molar-refractivity contribution in [2.45, 2.75) is 19.6 Å². The Morgan fingerprint density at radius 1 is 1.04 bits per heavy atom. The number of nitrogens with zero attached hydrogens (tertiary/aromatic N) is 2. The highest BCUT2D eigenvalue weighted by Gasteiger charge is 2.25. The highest BCUT2D eigenvalue weighted by Crippen LogP contribution is 2.25. The molecule has 1 amide bonds. The predicted molar refractivity (Wildman–Crippen MR) is 104 cm³/mol. The second kappa shape index (κ2) is 7.52. The van der Waals surface area contributed by atoms with E-state index in [0.29, 0.717) is 18.8 Å². The number of nitrogens with one attached hydrogen (secondary N) is 1. The van der Waals surface area contributed by atoms with E-state index in [9.17, 15) is 4.79 Å². The summed E-state index contributed by atoms with van der Waals surface area (Å²) in [6.07, 6.45) is -0.284. The van der Waals surface area contributed by atoms with E-state index < -0.39 is 0 Å². The fourth-order valence-electron chi connectivity index (χ4n) is 3.57. The molecule has 26 heavy (non-hydrogen) atoms. The van der Waals surface area contributed by atoms with Crippen molar-refractivity contribution in [2.75, 3.05) is 26.2 Å². The van der Waals surface area contributed by atoms with Crippen molar-refractivity contribution in [3.05, 3.63) is 59.2 Å². The number of carbonyl (C=O) groups excluding carboxylic acids is 1. The first-order valence-electron chi connectivity index (χ1n) is 9.24. The Morgan fingerprint density at radius 3 is 2.54 bits per heavy atom. The molecule has 0 bridgehead atoms. The Kier molecular flexibility index (Phi) is 4.95. The van der Waals surface area contributed by atoms with E-state index in [1.165, 1.54) is 16.7 Å². The van der Waals surface area contributed by atoms with Gasteiger partial charge in [0.25, 0.3) is 0 Å². The first-order chi connectivity index (χ1) is 12.7. The highest BCUT2D eigenvalue weighted by atomic mass is 16.6. The molecule has 2 aromatic rings. The van der Waals surface area contributed by atoms with Crippen LogP contribution in [0, 0.1) is 0 Å². The summed E-state index contributed by atoms with van der Waals surface area (Å²) in [5.41, 5.74) is 4.92. The second-order valence-electron chi connectivity index (χ2n) is 7.17. The predicted octanol–water partition coefficient (Wildman–Crippen LogP) is 0.865. The molecule has 1 saturated heterocycles. The number of hydrogen-bond acceptors (Lipinski definition) is 4. The summed E-state index contributed by atoms with van der Waals surface area (Å²) in [6, 6.07) is 14.2. The number of carbonyl (C=O) groups is 1. The van der Waals surface area contributed by atoms with E-state index in [1.54, 1.807) is 4.90 Å². The lowest BCUT2D eigenvalue weighted by atomic mass is 9.97. The van der Waals surface area contributed by atoms with Crippen molar-refractivity contribution in [1.29, 1.82) is 0 Å². The lowest BCUT2D eigenvalue weighted by molar-refractivity contribution is 0.152. The molecule has 2 aliphatic heterocycles. The molecule has 134 valence electrons. The summed E-state index contributed by atoms with van der Waals surface area (Å²) < 4.78 is 5.51. The van der Waals surface area contributed by atoms with Gasteiger partial charge in [0, 0.05) is 45.8 Å². The van der Waals surface area contributed by atoms with Gasteiger partial charge in [-0.25, -0.2) is 4.79 Å². The Hall–Kier alpha value is -2.31. The van der Waals surface area contributed by atoms with Gasteiger partial charge < -0.3 is 10.1 Å². The normalized spacial score (nSPS) is 17.2. The quantitative estimate of drug-likeness (QED) is 0.836. The molecule has 0 aliphatic carbocycles. The number of rotatable bonds is 3. The number of piperazine rings is 1. The van der Waals surface area contributed by atoms with Crippen LogP contribution in [0.1, 0.15) is 16.7 Å². The van der Waals surface area contributed by atoms with Crippen LogP contribution in [0.4, 0.5) is 4.79 Å². The van der Waals surface area contributed by atoms with Crippen LogP contribution in [-0.4, -0.2) is 49.9 Å². The molecule has 1 fully saturated rings. The van der Waals surface area contributed by atoms with E-state index in [0.717, 1.165) is 38.2 Å². The summed E-state index contributed by atoms with van der Waals surface area (Å²) in [6.45, 7) is 6.51. The number of benzene rings is 2. The lowest BCUT2D eigenvalue weighted by Gasteiger charge is -2.27. The first kappa shape index (κ1) is 17.1. The minimum atomic E-state index is -0.284. The van der Waals surface area contributed by atoms with Crippen molar-refractivity contribution >= 4 is 19.4 Å². The molecule has 2 aliphatic rings. The lowest BCUT2D eigenvalue weighted by Crippen LogP contribution is -2.42. The van der Waals surface area contributed by atoms with Gasteiger partial charge in [-0.1, -0.05) is 35.8 Å². The molecule has 6 heteroatoms. The summed E-state index contributed by atoms with van der Waals surface area (Å²) >= 11 is 0. The SMILES string of the molecule is Bc1ccc(OC(=O)N2Cc3ccc(CN4CCNCC4)cc3C2)cc1. The molecular formula is C20H24BN3O2. The van der Waals surface area contributed by atoms with Crippen molar-refractivity contribution in [2.24, 2.45) is 0 Å². The topological polar surface area (TPSA) is 44.8 Å². The molecule has 2 aromatic carbocycles. The van der Waals surface area contributed by atoms with Gasteiger partial charge in [0.1, 0.15) is 13.6 Å². The molecule has 0 aromatic heterocycles. The van der Waals surface area contributed by atoms with Crippen molar-refractivity contribution in [1.82, 2.24) is 15.1 Å². The van der Waals surface area contributed by atoms with E-state index in [-0.39, 0.29) is 6.09 Å². The van der Waals surface area contributed by atoms with E-state index in [1.807, 2.05) is 32.1 Å². The zero-order chi connectivity index (χ0) is 17.9. The molecule has 0 spiro atoms. The van der Waals surface area contributed by atoms with E-state index in [4.69, 9.17) is 4.74 Å². The average molecular weight is 349 g/mol. The number of amides is 1. The second-order valence-corrected chi connectivity index (χ2v) is 7.17. The first-order valence-corrected chi connectivity index (χ1v) is 9.24. The third-order valence-corrected chi connectivity index (χ3v) is 5.09. The average Bonchev–Trinajstić information content (AvgIpc) is 3.08. The largest absolute Gasteiger partial charge is 0.415 e. The standard InChI is InChI=1S/C20H24BN3O2/c21-18-3-5-19(6-4-18)26-20(25)24-13-16-2-1-15(11-17(16)14-24)12-23-9-7-22-8-10-23/h1-6,11,22H,7-10,12-14,21H2. The van der Waals surface area contributed by atoms with Gasteiger partial charge in [-0.05, 0) is 28.8 Å². The maximum absolute atomic E-state index is 12.5. The fraction of sp³-hybridized carbons (Fsp3) is 0.350. The van der Waals surface area contributed by atoms with E-state index in [2.05, 4.69) is 28.4 Å². The summed E-state index contributed by atoms with van der Waals surface area (Å²) in [5.74, 6) is 0.593. The number of ether oxygens (including phenoxy) is 1. The minimum Gasteiger partial charge on any atom is -0.410 e. The molecule has 0 radical (unpaired) electrons. The zero-order valence-corrected chi connectivity index (χ0v) is 15.2. The van der Waals surface area contributed by atoms with Crippen LogP contribution in [0.5, 0.6) is 5.75 Å². The van der Waals surface area contributed by atoms with Crippen LogP contribution in [0.25, 0.3) is 0 Å². The van der Waals surface area contributed by atoms with Crippen molar-refractivity contribution < 1.29 is 9.53 Å². The highest BCUT2D eigenvalue weighted by molar-refractivity contribution is 6.32.